The van der Waals surface area contributed by atoms with Gasteiger partial charge in [-0.25, -0.2) is 8.78 Å². The van der Waals surface area contributed by atoms with Crippen molar-refractivity contribution in [2.75, 3.05) is 0 Å². The molecule has 66 valence electrons. The minimum absolute atomic E-state index is 0.0810. The predicted molar refractivity (Wildman–Crippen MR) is 39.8 cm³/mol. The normalized spacial score (nSPS) is 8.25. The highest BCUT2D eigenvalue weighted by molar-refractivity contribution is 5.32. The fourth-order valence-corrected chi connectivity index (χ4v) is 0.581. The third-order valence-corrected chi connectivity index (χ3v) is 1.20. The van der Waals surface area contributed by atoms with Gasteiger partial charge in [0.1, 0.15) is 11.6 Å². The van der Waals surface area contributed by atoms with Crippen LogP contribution < -0.4 is 0 Å². The fourth-order valence-electron chi connectivity index (χ4n) is 0.581. The van der Waals surface area contributed by atoms with Gasteiger partial charge in [-0.15, -0.1) is 0 Å². The predicted octanol–water partition coefficient (Wildman–Crippen LogP) is 1.97. The van der Waals surface area contributed by atoms with Crippen molar-refractivity contribution in [2.45, 2.75) is 6.92 Å². The van der Waals surface area contributed by atoms with E-state index in [9.17, 15) is 8.78 Å². The van der Waals surface area contributed by atoms with Crippen LogP contribution in [0.3, 0.4) is 0 Å². The summed E-state index contributed by atoms with van der Waals surface area (Å²) >= 11 is 0. The van der Waals surface area contributed by atoms with E-state index in [1.165, 1.54) is 25.1 Å². The van der Waals surface area contributed by atoms with Gasteiger partial charge in [0, 0.05) is 5.56 Å². The van der Waals surface area contributed by atoms with Gasteiger partial charge in [0.05, 0.1) is 0 Å². The molecule has 0 saturated carbocycles. The van der Waals surface area contributed by atoms with Crippen molar-refractivity contribution < 1.29 is 18.7 Å². The Morgan fingerprint density at radius 1 is 1.33 bits per heavy atom. The maximum Gasteiger partial charge on any atom is 0.290 e. The molecule has 1 aromatic rings. The molecule has 0 radical (unpaired) electrons. The zero-order valence-electron chi connectivity index (χ0n) is 6.42. The largest absolute Gasteiger partial charge is 0.483 e. The maximum absolute atomic E-state index is 12.3. The van der Waals surface area contributed by atoms with E-state index in [0.29, 0.717) is 0 Å². The minimum atomic E-state index is -0.491. The van der Waals surface area contributed by atoms with Gasteiger partial charge >= 0.3 is 0 Å². The zero-order valence-corrected chi connectivity index (χ0v) is 6.42. The van der Waals surface area contributed by atoms with Crippen LogP contribution >= 0.6 is 0 Å². The van der Waals surface area contributed by atoms with Gasteiger partial charge in [0.25, 0.3) is 6.47 Å². The SMILES string of the molecule is Cc1c(F)cccc1F.O=CO. The molecule has 0 atom stereocenters. The van der Waals surface area contributed by atoms with Crippen LogP contribution in [0.25, 0.3) is 0 Å². The van der Waals surface area contributed by atoms with Gasteiger partial charge in [-0.3, -0.25) is 4.79 Å². The third kappa shape index (κ3) is 3.09. The number of benzene rings is 1. The number of hydrogen-bond acceptors (Lipinski definition) is 1. The molecule has 0 aliphatic rings. The van der Waals surface area contributed by atoms with Crippen LogP contribution in [0.2, 0.25) is 0 Å². The van der Waals surface area contributed by atoms with E-state index < -0.39 is 11.6 Å². The molecule has 0 aliphatic heterocycles. The molecule has 1 N–H and O–H groups in total. The Labute approximate surface area is 68.5 Å². The first-order valence-electron chi connectivity index (χ1n) is 3.12. The van der Waals surface area contributed by atoms with Crippen LogP contribution in [0.1, 0.15) is 5.56 Å². The standard InChI is InChI=1S/C7H6F2.CH2O2/c1-5-6(8)3-2-4-7(5)9;2-1-3/h2-4H,1H3;1H,(H,2,3). The lowest BCUT2D eigenvalue weighted by molar-refractivity contribution is -0.122. The van der Waals surface area contributed by atoms with Gasteiger partial charge < -0.3 is 5.11 Å². The summed E-state index contributed by atoms with van der Waals surface area (Å²) in [5, 5.41) is 6.89. The van der Waals surface area contributed by atoms with E-state index in [2.05, 4.69) is 0 Å². The van der Waals surface area contributed by atoms with Gasteiger partial charge in [-0.2, -0.15) is 0 Å². The van der Waals surface area contributed by atoms with Crippen molar-refractivity contribution >= 4 is 6.47 Å². The molecule has 1 rings (SSSR count). The van der Waals surface area contributed by atoms with E-state index >= 15 is 0 Å². The molecule has 0 heterocycles. The fraction of sp³-hybridized carbons (Fsp3) is 0.125. The Bertz CT molecular complexity index is 241. The molecule has 0 aromatic heterocycles. The molecule has 12 heavy (non-hydrogen) atoms. The maximum atomic E-state index is 12.3. The molecule has 1 aromatic carbocycles. The molecule has 0 amide bonds. The highest BCUT2D eigenvalue weighted by atomic mass is 19.1. The van der Waals surface area contributed by atoms with Crippen LogP contribution in [0.15, 0.2) is 18.2 Å². The average Bonchev–Trinajstić information content (AvgIpc) is 2.02. The zero-order chi connectivity index (χ0) is 9.56. The van der Waals surface area contributed by atoms with Crippen LogP contribution in [0.4, 0.5) is 8.78 Å². The summed E-state index contributed by atoms with van der Waals surface area (Å²) in [5.41, 5.74) is 0.0810. The Balaban J connectivity index is 0.000000354. The molecule has 0 unspecified atom stereocenters. The molecule has 0 bridgehead atoms. The second kappa shape index (κ2) is 5.23. The highest BCUT2D eigenvalue weighted by Crippen LogP contribution is 2.08. The van der Waals surface area contributed by atoms with Crippen molar-refractivity contribution in [1.29, 1.82) is 0 Å². The van der Waals surface area contributed by atoms with E-state index in [4.69, 9.17) is 9.90 Å². The summed E-state index contributed by atoms with van der Waals surface area (Å²) in [6, 6.07) is 3.81. The minimum Gasteiger partial charge on any atom is -0.483 e. The molecule has 4 heteroatoms. The van der Waals surface area contributed by atoms with E-state index in [0.717, 1.165) is 0 Å². The Morgan fingerprint density at radius 3 is 1.92 bits per heavy atom. The van der Waals surface area contributed by atoms with Crippen molar-refractivity contribution in [3.63, 3.8) is 0 Å². The Hall–Kier alpha value is -1.45. The first-order valence-corrected chi connectivity index (χ1v) is 3.12. The average molecular weight is 174 g/mol. The van der Waals surface area contributed by atoms with Crippen molar-refractivity contribution in [3.05, 3.63) is 35.4 Å². The molecular formula is C8H8F2O2. The quantitative estimate of drug-likeness (QED) is 0.610. The third-order valence-electron chi connectivity index (χ3n) is 1.20. The van der Waals surface area contributed by atoms with Crippen LogP contribution in [0, 0.1) is 18.6 Å². The van der Waals surface area contributed by atoms with Gasteiger partial charge in [-0.05, 0) is 19.1 Å². The van der Waals surface area contributed by atoms with E-state index in [1.807, 2.05) is 0 Å². The number of halogens is 2. The lowest BCUT2D eigenvalue weighted by atomic mass is 10.2. The molecule has 2 nitrogen and oxygen atoms in total. The Kier molecular flexibility index (Phi) is 4.60. The summed E-state index contributed by atoms with van der Waals surface area (Å²) in [5.74, 6) is -0.981. The molecule has 0 aliphatic carbocycles. The van der Waals surface area contributed by atoms with E-state index in [1.54, 1.807) is 0 Å². The number of hydrogen-bond donors (Lipinski definition) is 1. The number of rotatable bonds is 0. The van der Waals surface area contributed by atoms with Crippen molar-refractivity contribution in [2.24, 2.45) is 0 Å². The second-order valence-electron chi connectivity index (χ2n) is 1.95. The van der Waals surface area contributed by atoms with Gasteiger partial charge in [0.2, 0.25) is 0 Å². The topological polar surface area (TPSA) is 37.3 Å². The molecular weight excluding hydrogens is 166 g/mol. The Morgan fingerprint density at radius 2 is 1.67 bits per heavy atom. The van der Waals surface area contributed by atoms with Crippen molar-refractivity contribution in [1.82, 2.24) is 0 Å². The summed E-state index contributed by atoms with van der Waals surface area (Å²) in [6.45, 7) is 1.16. The van der Waals surface area contributed by atoms with Crippen LogP contribution in [-0.4, -0.2) is 11.6 Å². The second-order valence-corrected chi connectivity index (χ2v) is 1.95. The summed E-state index contributed by atoms with van der Waals surface area (Å²) in [4.78, 5) is 8.36. The number of carboxylic acid groups (broad SMARTS) is 1. The van der Waals surface area contributed by atoms with Crippen LogP contribution in [0.5, 0.6) is 0 Å². The molecule has 0 saturated heterocycles. The smallest absolute Gasteiger partial charge is 0.290 e. The summed E-state index contributed by atoms with van der Waals surface area (Å²) in [6.07, 6.45) is 0. The summed E-state index contributed by atoms with van der Waals surface area (Å²) in [7, 11) is 0. The molecule has 0 spiro atoms. The highest BCUT2D eigenvalue weighted by Gasteiger charge is 1.99. The van der Waals surface area contributed by atoms with E-state index in [-0.39, 0.29) is 12.0 Å². The van der Waals surface area contributed by atoms with Gasteiger partial charge in [0.15, 0.2) is 0 Å². The lowest BCUT2D eigenvalue weighted by Gasteiger charge is -1.94. The molecule has 0 fully saturated rings. The first-order chi connectivity index (χ1) is 5.63. The monoisotopic (exact) mass is 174 g/mol. The van der Waals surface area contributed by atoms with Crippen LogP contribution in [-0.2, 0) is 4.79 Å². The first kappa shape index (κ1) is 10.6. The van der Waals surface area contributed by atoms with Gasteiger partial charge in [-0.1, -0.05) is 6.07 Å². The lowest BCUT2D eigenvalue weighted by Crippen LogP contribution is -1.85. The van der Waals surface area contributed by atoms with Crippen molar-refractivity contribution in [3.8, 4) is 0 Å². The number of carbonyl (C=O) groups is 1. The summed E-state index contributed by atoms with van der Waals surface area (Å²) < 4.78 is 24.7.